The van der Waals surface area contributed by atoms with E-state index in [2.05, 4.69) is 54.4 Å². The molecule has 2 aromatic rings. The third-order valence-corrected chi connectivity index (χ3v) is 7.84. The molecule has 0 saturated carbocycles. The molecule has 0 unspecified atom stereocenters. The summed E-state index contributed by atoms with van der Waals surface area (Å²) in [5.41, 5.74) is 2.20. The van der Waals surface area contributed by atoms with E-state index in [0.29, 0.717) is 0 Å². The molecule has 0 aliphatic carbocycles. The van der Waals surface area contributed by atoms with Gasteiger partial charge < -0.3 is 4.90 Å². The molecular weight excluding hydrogens is 310 g/mol. The molecule has 0 aromatic heterocycles. The normalized spacial score (nSPS) is 10.4. The van der Waals surface area contributed by atoms with Crippen LogP contribution in [0.5, 0.6) is 0 Å². The number of nitriles is 2. The zero-order valence-corrected chi connectivity index (χ0v) is 15.5. The summed E-state index contributed by atoms with van der Waals surface area (Å²) in [6, 6.07) is 20.7. The predicted octanol–water partition coefficient (Wildman–Crippen LogP) is 3.01. The van der Waals surface area contributed by atoms with Crippen molar-refractivity contribution in [2.45, 2.75) is 13.1 Å². The monoisotopic (exact) mass is 331 g/mol. The average Bonchev–Trinajstić information content (AvgIpc) is 2.60. The second-order valence-corrected chi connectivity index (χ2v) is 10.9. The van der Waals surface area contributed by atoms with Gasteiger partial charge in [0.15, 0.2) is 0 Å². The highest BCUT2D eigenvalue weighted by Crippen LogP contribution is 2.13. The number of benzene rings is 2. The largest absolute Gasteiger partial charge is 0.378 e. The summed E-state index contributed by atoms with van der Waals surface area (Å²) in [6.07, 6.45) is 1.62. The number of allylic oxidation sites excluding steroid dienone is 1. The van der Waals surface area contributed by atoms with E-state index < -0.39 is 8.07 Å². The Kier molecular flexibility index (Phi) is 5.23. The summed E-state index contributed by atoms with van der Waals surface area (Å²) in [5, 5.41) is 20.4. The van der Waals surface area contributed by atoms with E-state index >= 15 is 0 Å². The van der Waals surface area contributed by atoms with Crippen LogP contribution in [0.4, 0.5) is 5.69 Å². The molecule has 0 fully saturated rings. The summed E-state index contributed by atoms with van der Waals surface area (Å²) < 4.78 is 0. The van der Waals surface area contributed by atoms with Gasteiger partial charge in [0.25, 0.3) is 0 Å². The van der Waals surface area contributed by atoms with Gasteiger partial charge in [0, 0.05) is 19.8 Å². The minimum atomic E-state index is -1.76. The smallest absolute Gasteiger partial charge is 0.130 e. The molecule has 0 saturated heterocycles. The van der Waals surface area contributed by atoms with Crippen LogP contribution in [-0.2, 0) is 0 Å². The molecular formula is C20H21N3Si. The first-order chi connectivity index (χ1) is 11.4. The molecule has 3 nitrogen and oxygen atoms in total. The summed E-state index contributed by atoms with van der Waals surface area (Å²) in [4.78, 5) is 2.10. The quantitative estimate of drug-likeness (QED) is 0.639. The van der Waals surface area contributed by atoms with Crippen LogP contribution in [0.2, 0.25) is 13.1 Å². The Balaban J connectivity index is 2.31. The first-order valence-corrected chi connectivity index (χ1v) is 10.8. The second kappa shape index (κ2) is 7.17. The van der Waals surface area contributed by atoms with Crippen LogP contribution < -0.4 is 15.3 Å². The highest BCUT2D eigenvalue weighted by atomic mass is 28.3. The van der Waals surface area contributed by atoms with Crippen LogP contribution in [0.1, 0.15) is 5.56 Å². The van der Waals surface area contributed by atoms with Crippen LogP contribution in [-0.4, -0.2) is 22.2 Å². The van der Waals surface area contributed by atoms with Gasteiger partial charge in [-0.15, -0.1) is 0 Å². The lowest BCUT2D eigenvalue weighted by atomic mass is 10.1. The van der Waals surface area contributed by atoms with Gasteiger partial charge in [-0.1, -0.05) is 59.9 Å². The van der Waals surface area contributed by atoms with Gasteiger partial charge >= 0.3 is 0 Å². The van der Waals surface area contributed by atoms with E-state index in [1.54, 1.807) is 6.08 Å². The maximum Gasteiger partial charge on any atom is 0.130 e. The van der Waals surface area contributed by atoms with Gasteiger partial charge in [0.2, 0.25) is 0 Å². The van der Waals surface area contributed by atoms with Crippen molar-refractivity contribution in [1.82, 2.24) is 0 Å². The van der Waals surface area contributed by atoms with Gasteiger partial charge in [0.05, 0.1) is 0 Å². The fourth-order valence-electron chi connectivity index (χ4n) is 2.60. The average molecular weight is 331 g/mol. The summed E-state index contributed by atoms with van der Waals surface area (Å²) >= 11 is 0. The van der Waals surface area contributed by atoms with Gasteiger partial charge in [-0.3, -0.25) is 0 Å². The first kappa shape index (κ1) is 17.5. The van der Waals surface area contributed by atoms with E-state index in [0.717, 1.165) is 5.56 Å². The van der Waals surface area contributed by atoms with Crippen LogP contribution in [0.3, 0.4) is 0 Å². The van der Waals surface area contributed by atoms with Gasteiger partial charge in [0.1, 0.15) is 25.8 Å². The second-order valence-electron chi connectivity index (χ2n) is 6.47. The molecule has 4 heteroatoms. The molecule has 0 amide bonds. The summed E-state index contributed by atoms with van der Waals surface area (Å²) in [5.74, 6) is 0. The summed E-state index contributed by atoms with van der Waals surface area (Å²) in [6.45, 7) is 4.66. The topological polar surface area (TPSA) is 50.8 Å². The molecule has 0 aliphatic heterocycles. The molecule has 0 N–H and O–H groups in total. The van der Waals surface area contributed by atoms with Gasteiger partial charge in [-0.05, 0) is 23.8 Å². The van der Waals surface area contributed by atoms with Crippen LogP contribution in [0.15, 0.2) is 54.1 Å². The lowest BCUT2D eigenvalue weighted by molar-refractivity contribution is 1.13. The zero-order valence-electron chi connectivity index (χ0n) is 14.5. The van der Waals surface area contributed by atoms with Gasteiger partial charge in [-0.2, -0.15) is 10.5 Å². The Bertz CT molecular complexity index is 801. The van der Waals surface area contributed by atoms with Crippen LogP contribution in [0.25, 0.3) is 6.08 Å². The molecule has 0 atom stereocenters. The number of hydrogen-bond donors (Lipinski definition) is 0. The first-order valence-electron chi connectivity index (χ1n) is 7.79. The number of rotatable bonds is 4. The van der Waals surface area contributed by atoms with Gasteiger partial charge in [-0.25, -0.2) is 0 Å². The molecule has 120 valence electrons. The van der Waals surface area contributed by atoms with Crippen molar-refractivity contribution in [1.29, 1.82) is 10.5 Å². The lowest BCUT2D eigenvalue weighted by Gasteiger charge is -2.24. The Labute approximate surface area is 145 Å². The van der Waals surface area contributed by atoms with Crippen molar-refractivity contribution < 1.29 is 0 Å². The van der Waals surface area contributed by atoms with Crippen molar-refractivity contribution >= 4 is 30.2 Å². The highest BCUT2D eigenvalue weighted by molar-refractivity contribution is 7.00. The predicted molar refractivity (Wildman–Crippen MR) is 103 cm³/mol. The molecule has 0 radical (unpaired) electrons. The van der Waals surface area contributed by atoms with E-state index in [1.165, 1.54) is 16.1 Å². The molecule has 0 spiro atoms. The fourth-order valence-corrected chi connectivity index (χ4v) is 4.93. The summed E-state index contributed by atoms with van der Waals surface area (Å²) in [7, 11) is 2.32. The maximum absolute atomic E-state index is 8.84. The van der Waals surface area contributed by atoms with Crippen LogP contribution in [0, 0.1) is 22.7 Å². The van der Waals surface area contributed by atoms with E-state index in [1.807, 2.05) is 38.4 Å². The number of anilines is 1. The Morgan fingerprint density at radius 1 is 0.875 bits per heavy atom. The van der Waals surface area contributed by atoms with Crippen molar-refractivity contribution in [3.8, 4) is 12.1 Å². The fraction of sp³-hybridized carbons (Fsp3) is 0.200. The Morgan fingerprint density at radius 3 is 1.75 bits per heavy atom. The molecule has 2 rings (SSSR count). The van der Waals surface area contributed by atoms with Crippen molar-refractivity contribution in [2.24, 2.45) is 0 Å². The van der Waals surface area contributed by atoms with E-state index in [4.69, 9.17) is 10.5 Å². The van der Waals surface area contributed by atoms with Crippen molar-refractivity contribution in [3.63, 3.8) is 0 Å². The number of nitrogens with zero attached hydrogens (tertiary/aromatic N) is 3. The van der Waals surface area contributed by atoms with Crippen molar-refractivity contribution in [2.75, 3.05) is 19.0 Å². The minimum Gasteiger partial charge on any atom is -0.378 e. The van der Waals surface area contributed by atoms with Crippen molar-refractivity contribution in [3.05, 3.63) is 59.7 Å². The maximum atomic E-state index is 8.84. The van der Waals surface area contributed by atoms with E-state index in [9.17, 15) is 0 Å². The SMILES string of the molecule is CN(C)c1ccc([Si](C)(C)c2ccc(C=C(C#N)C#N)cc2)cc1. The van der Waals surface area contributed by atoms with Crippen LogP contribution >= 0.6 is 0 Å². The number of hydrogen-bond acceptors (Lipinski definition) is 3. The molecule has 0 heterocycles. The molecule has 2 aromatic carbocycles. The Morgan fingerprint density at radius 2 is 1.33 bits per heavy atom. The zero-order chi connectivity index (χ0) is 17.7. The molecule has 0 aliphatic rings. The standard InChI is InChI=1S/C20H21N3Si/c1-23(2)18-7-11-20(12-8-18)24(3,4)19-9-5-16(6-10-19)13-17(14-21)15-22/h5-13H,1-4H3. The minimum absolute atomic E-state index is 0.124. The molecule has 24 heavy (non-hydrogen) atoms. The third kappa shape index (κ3) is 3.74. The Hall–Kier alpha value is -2.82. The van der Waals surface area contributed by atoms with E-state index in [-0.39, 0.29) is 5.57 Å². The molecule has 0 bridgehead atoms. The third-order valence-electron chi connectivity index (χ3n) is 4.29. The lowest BCUT2D eigenvalue weighted by Crippen LogP contribution is -2.52. The highest BCUT2D eigenvalue weighted by Gasteiger charge is 2.25.